The topological polar surface area (TPSA) is 15.3 Å². The molecule has 2 fully saturated rings. The monoisotopic (exact) mass is 216 g/mol. The first-order valence-electron chi connectivity index (χ1n) is 6.30. The van der Waals surface area contributed by atoms with E-state index in [0.717, 1.165) is 13.1 Å². The highest BCUT2D eigenvalue weighted by atomic mass is 15.3. The van der Waals surface area contributed by atoms with E-state index in [1.807, 2.05) is 0 Å². The van der Waals surface area contributed by atoms with Gasteiger partial charge in [0.05, 0.1) is 0 Å². The molecule has 16 heavy (non-hydrogen) atoms. The Hall–Kier alpha value is -0.860. The Balaban J connectivity index is 1.69. The summed E-state index contributed by atoms with van der Waals surface area (Å²) in [6, 6.07) is 11.5. The minimum absolute atomic E-state index is 0.487. The Morgan fingerprint density at radius 1 is 1.31 bits per heavy atom. The van der Waals surface area contributed by atoms with Crippen molar-refractivity contribution >= 4 is 0 Å². The zero-order valence-corrected chi connectivity index (χ0v) is 9.95. The molecular formula is C14H20N2. The Bertz CT molecular complexity index is 356. The van der Waals surface area contributed by atoms with Crippen molar-refractivity contribution in [1.82, 2.24) is 10.2 Å². The summed E-state index contributed by atoms with van der Waals surface area (Å²) in [6.07, 6.45) is 2.73. The normalized spacial score (nSPS) is 28.2. The second kappa shape index (κ2) is 3.86. The molecular weight excluding hydrogens is 196 g/mol. The molecule has 1 aliphatic heterocycles. The zero-order valence-electron chi connectivity index (χ0n) is 9.95. The van der Waals surface area contributed by atoms with Crippen LogP contribution in [0.2, 0.25) is 0 Å². The quantitative estimate of drug-likeness (QED) is 0.813. The second-order valence-corrected chi connectivity index (χ2v) is 5.40. The van der Waals surface area contributed by atoms with E-state index < -0.39 is 0 Å². The van der Waals surface area contributed by atoms with Crippen molar-refractivity contribution in [3.63, 3.8) is 0 Å². The van der Waals surface area contributed by atoms with Gasteiger partial charge < -0.3 is 5.32 Å². The van der Waals surface area contributed by atoms with Gasteiger partial charge in [-0.1, -0.05) is 30.3 Å². The average Bonchev–Trinajstić information content (AvgIpc) is 3.06. The first-order chi connectivity index (χ1) is 7.77. The van der Waals surface area contributed by atoms with Crippen molar-refractivity contribution in [3.05, 3.63) is 35.9 Å². The van der Waals surface area contributed by atoms with Crippen molar-refractivity contribution in [3.8, 4) is 0 Å². The van der Waals surface area contributed by atoms with Gasteiger partial charge in [0.1, 0.15) is 0 Å². The van der Waals surface area contributed by atoms with Crippen molar-refractivity contribution in [2.24, 2.45) is 0 Å². The number of hydrogen-bond donors (Lipinski definition) is 1. The number of piperazine rings is 1. The molecule has 1 saturated heterocycles. The summed E-state index contributed by atoms with van der Waals surface area (Å²) in [7, 11) is 0. The molecule has 3 rings (SSSR count). The third kappa shape index (κ3) is 2.00. The molecule has 0 radical (unpaired) electrons. The molecule has 0 amide bonds. The van der Waals surface area contributed by atoms with Crippen LogP contribution in [0.25, 0.3) is 0 Å². The lowest BCUT2D eigenvalue weighted by atomic mass is 10.1. The van der Waals surface area contributed by atoms with Gasteiger partial charge in [-0.25, -0.2) is 0 Å². The Labute approximate surface area is 97.6 Å². The summed E-state index contributed by atoms with van der Waals surface area (Å²) in [6.45, 7) is 5.80. The predicted molar refractivity (Wildman–Crippen MR) is 66.3 cm³/mol. The van der Waals surface area contributed by atoms with Gasteiger partial charge in [-0.2, -0.15) is 0 Å². The van der Waals surface area contributed by atoms with Crippen LogP contribution < -0.4 is 5.32 Å². The van der Waals surface area contributed by atoms with Gasteiger partial charge >= 0.3 is 0 Å². The van der Waals surface area contributed by atoms with E-state index in [-0.39, 0.29) is 0 Å². The lowest BCUT2D eigenvalue weighted by Gasteiger charge is -2.39. The molecule has 1 heterocycles. The van der Waals surface area contributed by atoms with E-state index in [0.29, 0.717) is 11.6 Å². The van der Waals surface area contributed by atoms with E-state index in [4.69, 9.17) is 0 Å². The molecule has 1 aliphatic carbocycles. The third-order valence-corrected chi connectivity index (χ3v) is 3.98. The predicted octanol–water partition coefficient (Wildman–Crippen LogP) is 2.01. The standard InChI is InChI=1S/C14H20N2/c1-12-9-15-14(7-8-14)11-16(12)10-13-5-3-2-4-6-13/h2-6,12,15H,7-11H2,1H3. The molecule has 1 saturated carbocycles. The zero-order chi connectivity index (χ0) is 11.0. The number of hydrogen-bond acceptors (Lipinski definition) is 2. The first kappa shape index (κ1) is 10.3. The summed E-state index contributed by atoms with van der Waals surface area (Å²) in [5.74, 6) is 0. The summed E-state index contributed by atoms with van der Waals surface area (Å²) >= 11 is 0. The van der Waals surface area contributed by atoms with Crippen LogP contribution in [0.15, 0.2) is 30.3 Å². The van der Waals surface area contributed by atoms with Gasteiger partial charge in [0, 0.05) is 31.2 Å². The number of benzene rings is 1. The maximum atomic E-state index is 3.69. The Morgan fingerprint density at radius 3 is 2.75 bits per heavy atom. The van der Waals surface area contributed by atoms with Crippen LogP contribution in [0.3, 0.4) is 0 Å². The van der Waals surface area contributed by atoms with Crippen LogP contribution in [0.4, 0.5) is 0 Å². The van der Waals surface area contributed by atoms with Crippen LogP contribution in [-0.4, -0.2) is 29.6 Å². The van der Waals surface area contributed by atoms with E-state index in [1.54, 1.807) is 0 Å². The maximum Gasteiger partial charge on any atom is 0.0311 e. The van der Waals surface area contributed by atoms with Gasteiger partial charge in [-0.3, -0.25) is 4.90 Å². The smallest absolute Gasteiger partial charge is 0.0311 e. The van der Waals surface area contributed by atoms with Crippen LogP contribution in [0.1, 0.15) is 25.3 Å². The van der Waals surface area contributed by atoms with Crippen LogP contribution in [0, 0.1) is 0 Å². The summed E-state index contributed by atoms with van der Waals surface area (Å²) in [4.78, 5) is 2.62. The minimum atomic E-state index is 0.487. The van der Waals surface area contributed by atoms with Gasteiger partial charge in [0.2, 0.25) is 0 Å². The molecule has 1 spiro atoms. The molecule has 1 aromatic carbocycles. The van der Waals surface area contributed by atoms with E-state index >= 15 is 0 Å². The lowest BCUT2D eigenvalue weighted by Crippen LogP contribution is -2.56. The van der Waals surface area contributed by atoms with Crippen molar-refractivity contribution < 1.29 is 0 Å². The Kier molecular flexibility index (Phi) is 2.49. The molecule has 2 nitrogen and oxygen atoms in total. The average molecular weight is 216 g/mol. The van der Waals surface area contributed by atoms with Gasteiger partial charge in [0.15, 0.2) is 0 Å². The largest absolute Gasteiger partial charge is 0.308 e. The summed E-state index contributed by atoms with van der Waals surface area (Å²) < 4.78 is 0. The molecule has 86 valence electrons. The van der Waals surface area contributed by atoms with Crippen LogP contribution in [-0.2, 0) is 6.54 Å². The molecule has 2 aliphatic rings. The number of rotatable bonds is 2. The molecule has 1 N–H and O–H groups in total. The molecule has 1 unspecified atom stereocenters. The molecule has 0 aromatic heterocycles. The van der Waals surface area contributed by atoms with Gasteiger partial charge in [-0.05, 0) is 25.3 Å². The number of nitrogens with zero attached hydrogens (tertiary/aromatic N) is 1. The maximum absolute atomic E-state index is 3.69. The first-order valence-corrected chi connectivity index (χ1v) is 6.30. The fourth-order valence-electron chi connectivity index (χ4n) is 2.61. The Morgan fingerprint density at radius 2 is 2.06 bits per heavy atom. The fraction of sp³-hybridized carbons (Fsp3) is 0.571. The third-order valence-electron chi connectivity index (χ3n) is 3.98. The number of nitrogens with one attached hydrogen (secondary N) is 1. The van der Waals surface area contributed by atoms with Gasteiger partial charge in [0.25, 0.3) is 0 Å². The van der Waals surface area contributed by atoms with Crippen molar-refractivity contribution in [1.29, 1.82) is 0 Å². The van der Waals surface area contributed by atoms with E-state index in [9.17, 15) is 0 Å². The lowest BCUT2D eigenvalue weighted by molar-refractivity contribution is 0.124. The summed E-state index contributed by atoms with van der Waals surface area (Å²) in [5, 5.41) is 3.69. The van der Waals surface area contributed by atoms with E-state index in [1.165, 1.54) is 24.9 Å². The van der Waals surface area contributed by atoms with Crippen molar-refractivity contribution in [2.45, 2.75) is 37.9 Å². The molecule has 0 bridgehead atoms. The van der Waals surface area contributed by atoms with E-state index in [2.05, 4.69) is 47.5 Å². The molecule has 1 atom stereocenters. The van der Waals surface area contributed by atoms with Crippen LogP contribution >= 0.6 is 0 Å². The summed E-state index contributed by atoms with van der Waals surface area (Å²) in [5.41, 5.74) is 1.92. The fourth-order valence-corrected chi connectivity index (χ4v) is 2.61. The second-order valence-electron chi connectivity index (χ2n) is 5.40. The highest BCUT2D eigenvalue weighted by molar-refractivity contribution is 5.16. The minimum Gasteiger partial charge on any atom is -0.308 e. The van der Waals surface area contributed by atoms with Gasteiger partial charge in [-0.15, -0.1) is 0 Å². The highest BCUT2D eigenvalue weighted by Gasteiger charge is 2.46. The SMILES string of the molecule is CC1CNC2(CC2)CN1Cc1ccccc1. The van der Waals surface area contributed by atoms with Crippen molar-refractivity contribution in [2.75, 3.05) is 13.1 Å². The van der Waals surface area contributed by atoms with Crippen LogP contribution in [0.5, 0.6) is 0 Å². The highest BCUT2D eigenvalue weighted by Crippen LogP contribution is 2.38. The molecule has 2 heteroatoms. The molecule has 1 aromatic rings.